The molecule has 4 rings (SSSR count). The second-order valence-electron chi connectivity index (χ2n) is 8.75. The van der Waals surface area contributed by atoms with E-state index >= 15 is 0 Å². The number of likely N-dealkylation sites (N-methyl/N-ethyl adjacent to an activating group) is 1. The summed E-state index contributed by atoms with van der Waals surface area (Å²) in [6.07, 6.45) is 1.00. The summed E-state index contributed by atoms with van der Waals surface area (Å²) in [6, 6.07) is 14.6. The molecule has 7 nitrogen and oxygen atoms in total. The third-order valence-electron chi connectivity index (χ3n) is 6.37. The van der Waals surface area contributed by atoms with E-state index in [1.807, 2.05) is 37.2 Å². The fourth-order valence-corrected chi connectivity index (χ4v) is 4.45. The van der Waals surface area contributed by atoms with Gasteiger partial charge in [-0.3, -0.25) is 4.90 Å². The molecule has 1 atom stereocenters. The Morgan fingerprint density at radius 3 is 2.72 bits per heavy atom. The van der Waals surface area contributed by atoms with Crippen molar-refractivity contribution in [3.63, 3.8) is 0 Å². The number of rotatable bonds is 7. The summed E-state index contributed by atoms with van der Waals surface area (Å²) in [4.78, 5) is 19.3. The van der Waals surface area contributed by atoms with Gasteiger partial charge < -0.3 is 24.6 Å². The topological polar surface area (TPSA) is 57.3 Å². The second-order valence-corrected chi connectivity index (χ2v) is 8.75. The molecule has 0 saturated carbocycles. The maximum Gasteiger partial charge on any atom is 0.317 e. The number of piperazine rings is 1. The molecule has 7 heteroatoms. The van der Waals surface area contributed by atoms with Crippen LogP contribution >= 0.6 is 0 Å². The molecule has 0 radical (unpaired) electrons. The number of carbonyl (C=O) groups excluding carboxylic acids is 1. The van der Waals surface area contributed by atoms with Crippen LogP contribution in [0.5, 0.6) is 11.5 Å². The van der Waals surface area contributed by atoms with Gasteiger partial charge in [-0.2, -0.15) is 0 Å². The van der Waals surface area contributed by atoms with Gasteiger partial charge in [-0.05, 0) is 49.0 Å². The SMILES string of the molecule is COc1cccc(C(CNC(=O)N2CCN(Cc3ccc4c(c3)CCO4)CC2)N(C)C)c1. The molecule has 32 heavy (non-hydrogen) atoms. The minimum atomic E-state index is 0.00840. The molecule has 2 aliphatic rings. The Morgan fingerprint density at radius 2 is 1.97 bits per heavy atom. The Kier molecular flexibility index (Phi) is 7.17. The summed E-state index contributed by atoms with van der Waals surface area (Å²) in [5.41, 5.74) is 3.76. The second kappa shape index (κ2) is 10.2. The van der Waals surface area contributed by atoms with Gasteiger partial charge in [0.05, 0.1) is 19.8 Å². The van der Waals surface area contributed by atoms with Crippen LogP contribution in [0.2, 0.25) is 0 Å². The van der Waals surface area contributed by atoms with Crippen molar-refractivity contribution in [2.24, 2.45) is 0 Å². The first kappa shape index (κ1) is 22.4. The predicted molar refractivity (Wildman–Crippen MR) is 125 cm³/mol. The number of benzene rings is 2. The van der Waals surface area contributed by atoms with E-state index in [-0.39, 0.29) is 12.1 Å². The molecule has 172 valence electrons. The lowest BCUT2D eigenvalue weighted by Gasteiger charge is -2.35. The molecule has 2 aliphatic heterocycles. The average molecular weight is 439 g/mol. The lowest BCUT2D eigenvalue weighted by Crippen LogP contribution is -2.52. The van der Waals surface area contributed by atoms with Gasteiger partial charge in [0.1, 0.15) is 11.5 Å². The van der Waals surface area contributed by atoms with Crippen LogP contribution in [0.3, 0.4) is 0 Å². The van der Waals surface area contributed by atoms with Gasteiger partial charge in [0, 0.05) is 45.7 Å². The van der Waals surface area contributed by atoms with Gasteiger partial charge in [0.2, 0.25) is 0 Å². The van der Waals surface area contributed by atoms with Crippen LogP contribution in [0.25, 0.3) is 0 Å². The molecule has 0 bridgehead atoms. The van der Waals surface area contributed by atoms with Gasteiger partial charge in [-0.25, -0.2) is 4.79 Å². The molecule has 0 aliphatic carbocycles. The number of hydrogen-bond donors (Lipinski definition) is 1. The highest BCUT2D eigenvalue weighted by Crippen LogP contribution is 2.26. The van der Waals surface area contributed by atoms with Crippen LogP contribution < -0.4 is 14.8 Å². The van der Waals surface area contributed by atoms with E-state index in [4.69, 9.17) is 9.47 Å². The first-order valence-electron chi connectivity index (χ1n) is 11.3. The summed E-state index contributed by atoms with van der Waals surface area (Å²) < 4.78 is 11.0. The molecule has 1 saturated heterocycles. The summed E-state index contributed by atoms with van der Waals surface area (Å²) in [7, 11) is 5.73. The number of hydrogen-bond acceptors (Lipinski definition) is 5. The predicted octanol–water partition coefficient (Wildman–Crippen LogP) is 2.76. The van der Waals surface area contributed by atoms with Crippen LogP contribution in [0.1, 0.15) is 22.7 Å². The quantitative estimate of drug-likeness (QED) is 0.721. The summed E-state index contributed by atoms with van der Waals surface area (Å²) >= 11 is 0. The third kappa shape index (κ3) is 5.34. The Labute approximate surface area is 190 Å². The normalized spacial score (nSPS) is 17.1. The molecule has 1 unspecified atom stereocenters. The van der Waals surface area contributed by atoms with Gasteiger partial charge in [-0.15, -0.1) is 0 Å². The van der Waals surface area contributed by atoms with E-state index in [1.165, 1.54) is 11.1 Å². The number of urea groups is 1. The molecule has 0 aromatic heterocycles. The smallest absolute Gasteiger partial charge is 0.317 e. The number of nitrogens with zero attached hydrogens (tertiary/aromatic N) is 3. The Bertz CT molecular complexity index is 925. The lowest BCUT2D eigenvalue weighted by atomic mass is 10.1. The van der Waals surface area contributed by atoms with E-state index in [0.717, 1.165) is 62.8 Å². The highest BCUT2D eigenvalue weighted by molar-refractivity contribution is 5.74. The van der Waals surface area contributed by atoms with Gasteiger partial charge in [-0.1, -0.05) is 24.3 Å². The number of methoxy groups -OCH3 is 1. The van der Waals surface area contributed by atoms with Crippen molar-refractivity contribution in [2.75, 3.05) is 60.5 Å². The number of amides is 2. The molecule has 1 N–H and O–H groups in total. The largest absolute Gasteiger partial charge is 0.497 e. The maximum atomic E-state index is 12.8. The van der Waals surface area contributed by atoms with Crippen molar-refractivity contribution in [1.29, 1.82) is 0 Å². The Hall–Kier alpha value is -2.77. The standard InChI is InChI=1S/C25H34N4O3/c1-27(2)23(20-5-4-6-22(16-20)31-3)17-26-25(30)29-12-10-28(11-13-29)18-19-7-8-24-21(15-19)9-14-32-24/h4-8,15-16,23H,9-14,17-18H2,1-3H3,(H,26,30). The van der Waals surface area contributed by atoms with Crippen molar-refractivity contribution in [3.8, 4) is 11.5 Å². The number of nitrogens with one attached hydrogen (secondary N) is 1. The Morgan fingerprint density at radius 1 is 1.16 bits per heavy atom. The molecular weight excluding hydrogens is 404 g/mol. The highest BCUT2D eigenvalue weighted by Gasteiger charge is 2.23. The molecule has 0 spiro atoms. The zero-order valence-electron chi connectivity index (χ0n) is 19.3. The minimum absolute atomic E-state index is 0.00840. The molecule has 1 fully saturated rings. The molecule has 2 heterocycles. The zero-order chi connectivity index (χ0) is 22.5. The summed E-state index contributed by atoms with van der Waals surface area (Å²) in [5, 5.41) is 3.13. The Balaban J connectivity index is 1.26. The van der Waals surface area contributed by atoms with E-state index in [0.29, 0.717) is 6.54 Å². The van der Waals surface area contributed by atoms with Gasteiger partial charge >= 0.3 is 6.03 Å². The van der Waals surface area contributed by atoms with Crippen molar-refractivity contribution in [2.45, 2.75) is 19.0 Å². The van der Waals surface area contributed by atoms with Gasteiger partial charge in [0.25, 0.3) is 0 Å². The van der Waals surface area contributed by atoms with Crippen LogP contribution in [0.15, 0.2) is 42.5 Å². The van der Waals surface area contributed by atoms with Crippen molar-refractivity contribution in [3.05, 3.63) is 59.2 Å². The highest BCUT2D eigenvalue weighted by atomic mass is 16.5. The van der Waals surface area contributed by atoms with Crippen LogP contribution in [-0.2, 0) is 13.0 Å². The van der Waals surface area contributed by atoms with Crippen LogP contribution in [0.4, 0.5) is 4.79 Å². The summed E-state index contributed by atoms with van der Waals surface area (Å²) in [5.74, 6) is 1.85. The maximum absolute atomic E-state index is 12.8. The number of fused-ring (bicyclic) bond motifs is 1. The monoisotopic (exact) mass is 438 g/mol. The van der Waals surface area contributed by atoms with E-state index in [1.54, 1.807) is 7.11 Å². The third-order valence-corrected chi connectivity index (χ3v) is 6.37. The average Bonchev–Trinajstić information content (AvgIpc) is 3.27. The zero-order valence-corrected chi connectivity index (χ0v) is 19.3. The molecular formula is C25H34N4O3. The van der Waals surface area contributed by atoms with Crippen molar-refractivity contribution < 1.29 is 14.3 Å². The first-order chi connectivity index (χ1) is 15.5. The first-order valence-corrected chi connectivity index (χ1v) is 11.3. The van der Waals surface area contributed by atoms with Crippen LogP contribution in [-0.4, -0.2) is 81.3 Å². The van der Waals surface area contributed by atoms with Crippen LogP contribution in [0, 0.1) is 0 Å². The van der Waals surface area contributed by atoms with Crippen molar-refractivity contribution in [1.82, 2.24) is 20.0 Å². The number of ether oxygens (including phenoxy) is 2. The van der Waals surface area contributed by atoms with E-state index in [2.05, 4.69) is 39.4 Å². The summed E-state index contributed by atoms with van der Waals surface area (Å²) in [6.45, 7) is 5.51. The lowest BCUT2D eigenvalue weighted by molar-refractivity contribution is 0.133. The van der Waals surface area contributed by atoms with Gasteiger partial charge in [0.15, 0.2) is 0 Å². The molecule has 2 aromatic rings. The van der Waals surface area contributed by atoms with Crippen molar-refractivity contribution >= 4 is 6.03 Å². The minimum Gasteiger partial charge on any atom is -0.497 e. The number of carbonyl (C=O) groups is 1. The fraction of sp³-hybridized carbons (Fsp3) is 0.480. The fourth-order valence-electron chi connectivity index (χ4n) is 4.45. The molecule has 2 aromatic carbocycles. The molecule has 2 amide bonds. The van der Waals surface area contributed by atoms with E-state index < -0.39 is 0 Å². The van der Waals surface area contributed by atoms with E-state index in [9.17, 15) is 4.79 Å².